The molecule has 7 heteroatoms. The number of unbranched alkanes of at least 4 members (excludes halogenated alkanes) is 1. The smallest absolute Gasteiger partial charge is 0.305 e. The third-order valence-electron chi connectivity index (χ3n) is 3.01. The molecule has 1 aromatic heterocycles. The molecule has 1 fully saturated rings. The molecule has 5 nitrogen and oxygen atoms in total. The van der Waals surface area contributed by atoms with Gasteiger partial charge in [0.15, 0.2) is 4.21 Å². The number of aryl methyl sites for hydroxylation is 1. The molecule has 0 amide bonds. The Morgan fingerprint density at radius 2 is 2.11 bits per heavy atom. The third-order valence-corrected chi connectivity index (χ3v) is 6.54. The van der Waals surface area contributed by atoms with Gasteiger partial charge in [0.25, 0.3) is 10.0 Å². The van der Waals surface area contributed by atoms with Crippen LogP contribution >= 0.6 is 11.3 Å². The van der Waals surface area contributed by atoms with Gasteiger partial charge in [0.05, 0.1) is 0 Å². The van der Waals surface area contributed by atoms with Crippen LogP contribution in [0.4, 0.5) is 0 Å². The summed E-state index contributed by atoms with van der Waals surface area (Å²) in [5.41, 5.74) is 0.451. The van der Waals surface area contributed by atoms with Crippen LogP contribution < -0.4 is 4.87 Å². The van der Waals surface area contributed by atoms with Gasteiger partial charge in [0.2, 0.25) is 0 Å². The number of aromatic nitrogens is 1. The predicted molar refractivity (Wildman–Crippen MR) is 71.5 cm³/mol. The van der Waals surface area contributed by atoms with Crippen molar-refractivity contribution in [1.82, 2.24) is 9.29 Å². The maximum absolute atomic E-state index is 12.5. The molecule has 0 unspecified atom stereocenters. The fourth-order valence-electron chi connectivity index (χ4n) is 1.92. The Morgan fingerprint density at radius 1 is 1.44 bits per heavy atom. The molecule has 0 radical (unpaired) electrons. The van der Waals surface area contributed by atoms with Crippen LogP contribution in [-0.4, -0.2) is 30.3 Å². The molecule has 1 aliphatic rings. The van der Waals surface area contributed by atoms with Gasteiger partial charge in [-0.15, -0.1) is 0 Å². The molecule has 1 heterocycles. The topological polar surface area (TPSA) is 70.2 Å². The van der Waals surface area contributed by atoms with Gasteiger partial charge in [-0.25, -0.2) is 8.42 Å². The van der Waals surface area contributed by atoms with E-state index in [-0.39, 0.29) is 15.1 Å². The normalized spacial score (nSPS) is 16.4. The summed E-state index contributed by atoms with van der Waals surface area (Å²) in [7, 11) is -3.50. The summed E-state index contributed by atoms with van der Waals surface area (Å²) in [6.45, 7) is 4.22. The molecule has 0 aliphatic heterocycles. The number of thiazole rings is 1. The van der Waals surface area contributed by atoms with Crippen molar-refractivity contribution in [3.05, 3.63) is 15.4 Å². The van der Waals surface area contributed by atoms with Crippen LogP contribution in [-0.2, 0) is 10.0 Å². The highest BCUT2D eigenvalue weighted by Crippen LogP contribution is 2.33. The first-order chi connectivity index (χ1) is 8.46. The molecule has 0 spiro atoms. The van der Waals surface area contributed by atoms with E-state index in [0.717, 1.165) is 37.0 Å². The molecule has 0 bridgehead atoms. The van der Waals surface area contributed by atoms with Crippen LogP contribution in [0.15, 0.2) is 9.00 Å². The standard InChI is InChI=1S/C11H18N2O3S2/c1-3-4-7-13(9-5-6-9)18(15,16)10-8(2)12-11(14)17-10/h9H,3-7H2,1-2H3,(H,12,14). The molecule has 1 aliphatic carbocycles. The van der Waals surface area contributed by atoms with Crippen LogP contribution in [0.5, 0.6) is 0 Å². The number of hydrogen-bond acceptors (Lipinski definition) is 4. The van der Waals surface area contributed by atoms with Crippen molar-refractivity contribution in [2.75, 3.05) is 6.54 Å². The van der Waals surface area contributed by atoms with Gasteiger partial charge in [-0.1, -0.05) is 24.7 Å². The van der Waals surface area contributed by atoms with Crippen LogP contribution in [0.3, 0.4) is 0 Å². The second-order valence-electron chi connectivity index (χ2n) is 4.63. The van der Waals surface area contributed by atoms with Gasteiger partial charge in [0.1, 0.15) is 0 Å². The van der Waals surface area contributed by atoms with E-state index in [1.807, 2.05) is 6.92 Å². The summed E-state index contributed by atoms with van der Waals surface area (Å²) in [6, 6.07) is 0.137. The first kappa shape index (κ1) is 13.8. The number of sulfonamides is 1. The van der Waals surface area contributed by atoms with Gasteiger partial charge < -0.3 is 4.98 Å². The van der Waals surface area contributed by atoms with Crippen molar-refractivity contribution >= 4 is 21.4 Å². The summed E-state index contributed by atoms with van der Waals surface area (Å²) >= 11 is 0.788. The summed E-state index contributed by atoms with van der Waals surface area (Å²) in [5, 5.41) is 0. The summed E-state index contributed by atoms with van der Waals surface area (Å²) in [4.78, 5) is 13.5. The quantitative estimate of drug-likeness (QED) is 0.867. The van der Waals surface area contributed by atoms with Gasteiger partial charge in [0, 0.05) is 18.3 Å². The minimum absolute atomic E-state index is 0.137. The zero-order chi connectivity index (χ0) is 13.3. The van der Waals surface area contributed by atoms with Crippen molar-refractivity contribution in [2.45, 2.75) is 49.8 Å². The molecule has 0 atom stereocenters. The Kier molecular flexibility index (Phi) is 3.93. The second-order valence-corrected chi connectivity index (χ2v) is 7.70. The largest absolute Gasteiger partial charge is 0.315 e. The fourth-order valence-corrected chi connectivity index (χ4v) is 5.05. The number of aromatic amines is 1. The summed E-state index contributed by atoms with van der Waals surface area (Å²) in [5.74, 6) is 0. The SMILES string of the molecule is CCCCN(C1CC1)S(=O)(=O)c1sc(=O)[nH]c1C. The maximum atomic E-state index is 12.5. The molecular weight excluding hydrogens is 272 g/mol. The highest BCUT2D eigenvalue weighted by Gasteiger charge is 2.39. The number of hydrogen-bond donors (Lipinski definition) is 1. The van der Waals surface area contributed by atoms with Crippen LogP contribution in [0.25, 0.3) is 0 Å². The monoisotopic (exact) mass is 290 g/mol. The minimum atomic E-state index is -3.50. The maximum Gasteiger partial charge on any atom is 0.305 e. The first-order valence-electron chi connectivity index (χ1n) is 6.18. The summed E-state index contributed by atoms with van der Waals surface area (Å²) in [6.07, 6.45) is 3.68. The Bertz CT molecular complexity index is 569. The predicted octanol–water partition coefficient (Wildman–Crippen LogP) is 1.70. The average molecular weight is 290 g/mol. The molecule has 18 heavy (non-hydrogen) atoms. The highest BCUT2D eigenvalue weighted by atomic mass is 32.2. The van der Waals surface area contributed by atoms with Crippen molar-refractivity contribution in [3.8, 4) is 0 Å². The van der Waals surface area contributed by atoms with E-state index in [1.165, 1.54) is 0 Å². The van der Waals surface area contributed by atoms with E-state index in [2.05, 4.69) is 4.98 Å². The van der Waals surface area contributed by atoms with Gasteiger partial charge >= 0.3 is 4.87 Å². The van der Waals surface area contributed by atoms with E-state index < -0.39 is 10.0 Å². The van der Waals surface area contributed by atoms with E-state index in [4.69, 9.17) is 0 Å². The van der Waals surface area contributed by atoms with Crippen molar-refractivity contribution < 1.29 is 8.42 Å². The Labute approximate surface area is 111 Å². The van der Waals surface area contributed by atoms with Gasteiger partial charge in [-0.05, 0) is 26.2 Å². The van der Waals surface area contributed by atoms with Crippen LogP contribution in [0.2, 0.25) is 0 Å². The summed E-state index contributed by atoms with van der Waals surface area (Å²) < 4.78 is 26.8. The van der Waals surface area contributed by atoms with Crippen molar-refractivity contribution in [3.63, 3.8) is 0 Å². The Hall–Kier alpha value is -0.660. The number of H-pyrrole nitrogens is 1. The third kappa shape index (κ3) is 2.67. The molecule has 2 rings (SSSR count). The minimum Gasteiger partial charge on any atom is -0.315 e. The van der Waals surface area contributed by atoms with E-state index >= 15 is 0 Å². The molecule has 1 saturated carbocycles. The number of rotatable bonds is 6. The molecule has 1 N–H and O–H groups in total. The van der Waals surface area contributed by atoms with Crippen LogP contribution in [0, 0.1) is 6.92 Å². The van der Waals surface area contributed by atoms with E-state index in [9.17, 15) is 13.2 Å². The molecule has 102 valence electrons. The zero-order valence-corrected chi connectivity index (χ0v) is 12.2. The van der Waals surface area contributed by atoms with Crippen molar-refractivity contribution in [1.29, 1.82) is 0 Å². The van der Waals surface area contributed by atoms with Crippen LogP contribution in [0.1, 0.15) is 38.3 Å². The lowest BCUT2D eigenvalue weighted by molar-refractivity contribution is 0.396. The first-order valence-corrected chi connectivity index (χ1v) is 8.44. The number of nitrogens with one attached hydrogen (secondary N) is 1. The number of nitrogens with zero attached hydrogens (tertiary/aromatic N) is 1. The van der Waals surface area contributed by atoms with E-state index in [1.54, 1.807) is 11.2 Å². The zero-order valence-electron chi connectivity index (χ0n) is 10.6. The lowest BCUT2D eigenvalue weighted by Gasteiger charge is -2.20. The lowest BCUT2D eigenvalue weighted by Crippen LogP contribution is -2.34. The van der Waals surface area contributed by atoms with Gasteiger partial charge in [-0.3, -0.25) is 4.79 Å². The van der Waals surface area contributed by atoms with Crippen molar-refractivity contribution in [2.24, 2.45) is 0 Å². The van der Waals surface area contributed by atoms with Gasteiger partial charge in [-0.2, -0.15) is 4.31 Å². The van der Waals surface area contributed by atoms with E-state index in [0.29, 0.717) is 12.2 Å². The second kappa shape index (κ2) is 5.14. The highest BCUT2D eigenvalue weighted by molar-refractivity contribution is 7.91. The molecular formula is C11H18N2O3S2. The fraction of sp³-hybridized carbons (Fsp3) is 0.727. The average Bonchev–Trinajstić information content (AvgIpc) is 3.04. The Morgan fingerprint density at radius 3 is 2.56 bits per heavy atom. The lowest BCUT2D eigenvalue weighted by atomic mass is 10.3. The molecule has 0 aromatic carbocycles. The molecule has 1 aromatic rings. The Balaban J connectivity index is 2.32. The molecule has 0 saturated heterocycles.